The molecule has 4 rings (SSSR count). The topological polar surface area (TPSA) is 51.8 Å². The third kappa shape index (κ3) is 3.15. The van der Waals surface area contributed by atoms with E-state index in [1.165, 1.54) is 5.39 Å². The van der Waals surface area contributed by atoms with Gasteiger partial charge in [-0.15, -0.1) is 0 Å². The summed E-state index contributed by atoms with van der Waals surface area (Å²) in [4.78, 5) is 8.34. The van der Waals surface area contributed by atoms with Crippen molar-refractivity contribution in [2.45, 2.75) is 0 Å². The van der Waals surface area contributed by atoms with Gasteiger partial charge in [0.15, 0.2) is 0 Å². The molecule has 0 aliphatic carbocycles. The highest BCUT2D eigenvalue weighted by atomic mass is 14.7. The van der Waals surface area contributed by atoms with Gasteiger partial charge < -0.3 is 5.73 Å². The normalized spacial score (nSPS) is 10.1. The van der Waals surface area contributed by atoms with Crippen molar-refractivity contribution in [1.82, 2.24) is 9.97 Å². The van der Waals surface area contributed by atoms with Crippen LogP contribution in [0.4, 0.5) is 5.69 Å². The standard InChI is InChI=1S/C9H8N2.C9H7N/c10-8-5-7-3-1-2-4-9(7)11-6-8;1-2-6-9-8(4-1)5-3-7-10-9/h1-6H,10H2;1-7H. The predicted octanol–water partition coefficient (Wildman–Crippen LogP) is 4.05. The maximum atomic E-state index is 5.56. The molecule has 0 amide bonds. The number of anilines is 1. The molecule has 0 aliphatic rings. The summed E-state index contributed by atoms with van der Waals surface area (Å²) in [5.41, 5.74) is 8.32. The molecular weight excluding hydrogens is 258 g/mol. The Balaban J connectivity index is 0.000000126. The molecule has 2 aromatic carbocycles. The van der Waals surface area contributed by atoms with Crippen molar-refractivity contribution in [3.05, 3.63) is 79.1 Å². The van der Waals surface area contributed by atoms with Crippen molar-refractivity contribution in [1.29, 1.82) is 0 Å². The molecule has 0 spiro atoms. The average Bonchev–Trinajstić information content (AvgIpc) is 2.55. The number of hydrogen-bond donors (Lipinski definition) is 1. The van der Waals surface area contributed by atoms with Gasteiger partial charge in [0.2, 0.25) is 0 Å². The minimum absolute atomic E-state index is 0.712. The van der Waals surface area contributed by atoms with Gasteiger partial charge in [0.25, 0.3) is 0 Å². The molecule has 0 fully saturated rings. The molecule has 3 heteroatoms. The first kappa shape index (κ1) is 13.1. The lowest BCUT2D eigenvalue weighted by atomic mass is 10.2. The van der Waals surface area contributed by atoms with Gasteiger partial charge >= 0.3 is 0 Å². The first-order chi connectivity index (χ1) is 10.3. The lowest BCUT2D eigenvalue weighted by molar-refractivity contribution is 1.41. The fraction of sp³-hybridized carbons (Fsp3) is 0. The summed E-state index contributed by atoms with van der Waals surface area (Å²) < 4.78 is 0. The molecule has 0 atom stereocenters. The second-order valence-corrected chi connectivity index (χ2v) is 4.66. The fourth-order valence-electron chi connectivity index (χ4n) is 2.10. The molecule has 21 heavy (non-hydrogen) atoms. The van der Waals surface area contributed by atoms with Gasteiger partial charge in [0.1, 0.15) is 0 Å². The molecule has 102 valence electrons. The third-order valence-electron chi connectivity index (χ3n) is 3.12. The Kier molecular flexibility index (Phi) is 3.74. The number of hydrogen-bond acceptors (Lipinski definition) is 3. The van der Waals surface area contributed by atoms with Crippen LogP contribution >= 0.6 is 0 Å². The number of fused-ring (bicyclic) bond motifs is 2. The summed E-state index contributed by atoms with van der Waals surface area (Å²) in [6, 6.07) is 21.9. The second-order valence-electron chi connectivity index (χ2n) is 4.66. The van der Waals surface area contributed by atoms with Gasteiger partial charge in [-0.1, -0.05) is 42.5 Å². The molecule has 0 saturated heterocycles. The zero-order valence-electron chi connectivity index (χ0n) is 11.5. The highest BCUT2D eigenvalue weighted by molar-refractivity contribution is 5.80. The molecule has 0 saturated carbocycles. The molecule has 2 heterocycles. The van der Waals surface area contributed by atoms with E-state index in [0.29, 0.717) is 5.69 Å². The van der Waals surface area contributed by atoms with Gasteiger partial charge in [0.05, 0.1) is 22.9 Å². The minimum atomic E-state index is 0.712. The summed E-state index contributed by atoms with van der Waals surface area (Å²) in [5, 5.41) is 2.29. The summed E-state index contributed by atoms with van der Waals surface area (Å²) in [6.07, 6.45) is 3.48. The number of rotatable bonds is 0. The van der Waals surface area contributed by atoms with E-state index >= 15 is 0 Å². The summed E-state index contributed by atoms with van der Waals surface area (Å²) in [5.74, 6) is 0. The quantitative estimate of drug-likeness (QED) is 0.526. The molecule has 2 aromatic heterocycles. The van der Waals surface area contributed by atoms with Crippen molar-refractivity contribution in [3.8, 4) is 0 Å². The number of aromatic nitrogens is 2. The Hall–Kier alpha value is -2.94. The molecule has 2 N–H and O–H groups in total. The molecule has 3 nitrogen and oxygen atoms in total. The first-order valence-corrected chi connectivity index (χ1v) is 6.73. The average molecular weight is 273 g/mol. The van der Waals surface area contributed by atoms with Crippen LogP contribution in [-0.2, 0) is 0 Å². The Morgan fingerprint density at radius 3 is 2.05 bits per heavy atom. The van der Waals surface area contributed by atoms with Gasteiger partial charge in [-0.25, -0.2) is 0 Å². The van der Waals surface area contributed by atoms with E-state index in [9.17, 15) is 0 Å². The van der Waals surface area contributed by atoms with Crippen LogP contribution in [0.1, 0.15) is 0 Å². The number of pyridine rings is 2. The van der Waals surface area contributed by atoms with Crippen molar-refractivity contribution in [3.63, 3.8) is 0 Å². The van der Waals surface area contributed by atoms with Crippen molar-refractivity contribution in [2.75, 3.05) is 5.73 Å². The van der Waals surface area contributed by atoms with Gasteiger partial charge in [-0.2, -0.15) is 0 Å². The molecule has 0 aliphatic heterocycles. The van der Waals surface area contributed by atoms with Crippen LogP contribution in [0.15, 0.2) is 79.1 Å². The van der Waals surface area contributed by atoms with Gasteiger partial charge in [0, 0.05) is 17.0 Å². The van der Waals surface area contributed by atoms with Gasteiger partial charge in [-0.05, 0) is 24.3 Å². The predicted molar refractivity (Wildman–Crippen MR) is 87.9 cm³/mol. The Morgan fingerprint density at radius 1 is 0.667 bits per heavy atom. The maximum absolute atomic E-state index is 5.56. The van der Waals surface area contributed by atoms with E-state index in [1.54, 1.807) is 6.20 Å². The lowest BCUT2D eigenvalue weighted by Crippen LogP contribution is -1.85. The zero-order valence-corrected chi connectivity index (χ0v) is 11.5. The van der Waals surface area contributed by atoms with Crippen molar-refractivity contribution in [2.24, 2.45) is 0 Å². The smallest absolute Gasteiger partial charge is 0.0703 e. The van der Waals surface area contributed by atoms with Crippen molar-refractivity contribution >= 4 is 27.5 Å². The maximum Gasteiger partial charge on any atom is 0.0703 e. The van der Waals surface area contributed by atoms with Crippen LogP contribution in [-0.4, -0.2) is 9.97 Å². The summed E-state index contributed by atoms with van der Waals surface area (Å²) in [6.45, 7) is 0. The van der Waals surface area contributed by atoms with E-state index < -0.39 is 0 Å². The molecular formula is C18H15N3. The van der Waals surface area contributed by atoms with Crippen LogP contribution in [0.5, 0.6) is 0 Å². The monoisotopic (exact) mass is 273 g/mol. The Morgan fingerprint density at radius 2 is 1.29 bits per heavy atom. The summed E-state index contributed by atoms with van der Waals surface area (Å²) in [7, 11) is 0. The van der Waals surface area contributed by atoms with Crippen LogP contribution in [0.25, 0.3) is 21.8 Å². The van der Waals surface area contributed by atoms with Crippen LogP contribution < -0.4 is 5.73 Å². The summed E-state index contributed by atoms with van der Waals surface area (Å²) >= 11 is 0. The van der Waals surface area contributed by atoms with E-state index in [0.717, 1.165) is 16.4 Å². The van der Waals surface area contributed by atoms with Crippen LogP contribution in [0.2, 0.25) is 0 Å². The SMILES string of the molecule is Nc1cnc2ccccc2c1.c1ccc2ncccc2c1. The highest BCUT2D eigenvalue weighted by Gasteiger charge is 1.91. The number of benzene rings is 2. The molecule has 0 radical (unpaired) electrons. The van der Waals surface area contributed by atoms with E-state index in [-0.39, 0.29) is 0 Å². The molecule has 0 bridgehead atoms. The minimum Gasteiger partial charge on any atom is -0.397 e. The largest absolute Gasteiger partial charge is 0.397 e. The fourth-order valence-corrected chi connectivity index (χ4v) is 2.10. The van der Waals surface area contributed by atoms with E-state index in [4.69, 9.17) is 5.73 Å². The third-order valence-corrected chi connectivity index (χ3v) is 3.12. The zero-order chi connectivity index (χ0) is 14.5. The number of nitrogens with two attached hydrogens (primary N) is 1. The number of nitrogen functional groups attached to an aromatic ring is 1. The molecule has 4 aromatic rings. The van der Waals surface area contributed by atoms with Crippen LogP contribution in [0.3, 0.4) is 0 Å². The van der Waals surface area contributed by atoms with E-state index in [2.05, 4.69) is 22.1 Å². The Bertz CT molecular complexity index is 806. The second kappa shape index (κ2) is 6.01. The Labute approximate surface area is 123 Å². The van der Waals surface area contributed by atoms with E-state index in [1.807, 2.05) is 60.8 Å². The van der Waals surface area contributed by atoms with Crippen LogP contribution in [0, 0.1) is 0 Å². The number of para-hydroxylation sites is 2. The van der Waals surface area contributed by atoms with Crippen molar-refractivity contribution < 1.29 is 0 Å². The first-order valence-electron chi connectivity index (χ1n) is 6.73. The number of nitrogens with zero attached hydrogens (tertiary/aromatic N) is 2. The highest BCUT2D eigenvalue weighted by Crippen LogP contribution is 2.12. The van der Waals surface area contributed by atoms with Gasteiger partial charge in [-0.3, -0.25) is 9.97 Å². The molecule has 0 unspecified atom stereocenters. The lowest BCUT2D eigenvalue weighted by Gasteiger charge is -1.95.